The van der Waals surface area contributed by atoms with Gasteiger partial charge in [-0.1, -0.05) is 6.07 Å². The lowest BCUT2D eigenvalue weighted by Gasteiger charge is -2.09. The molecular formula is C11H14N4O2S. The summed E-state index contributed by atoms with van der Waals surface area (Å²) in [6.07, 6.45) is 3.20. The van der Waals surface area contributed by atoms with E-state index in [9.17, 15) is 8.42 Å². The van der Waals surface area contributed by atoms with Crippen LogP contribution in [0.3, 0.4) is 0 Å². The maximum absolute atomic E-state index is 12.1. The molecule has 96 valence electrons. The summed E-state index contributed by atoms with van der Waals surface area (Å²) in [5, 5.41) is 0. The first-order chi connectivity index (χ1) is 8.50. The molecular weight excluding hydrogens is 252 g/mol. The van der Waals surface area contributed by atoms with Crippen molar-refractivity contribution in [1.29, 1.82) is 0 Å². The van der Waals surface area contributed by atoms with Crippen LogP contribution < -0.4 is 10.5 Å². The van der Waals surface area contributed by atoms with E-state index < -0.39 is 10.0 Å². The van der Waals surface area contributed by atoms with Crippen LogP contribution in [0.5, 0.6) is 0 Å². The second-order valence-electron chi connectivity index (χ2n) is 3.83. The van der Waals surface area contributed by atoms with E-state index in [1.54, 1.807) is 31.5 Å². The summed E-state index contributed by atoms with van der Waals surface area (Å²) in [7, 11) is -3.58. The van der Waals surface area contributed by atoms with Gasteiger partial charge < -0.3 is 10.7 Å². The number of nitrogens with one attached hydrogen (secondary N) is 2. The second kappa shape index (κ2) is 4.79. The largest absolute Gasteiger partial charge is 0.398 e. The fourth-order valence-electron chi connectivity index (χ4n) is 1.56. The van der Waals surface area contributed by atoms with Crippen molar-refractivity contribution in [2.24, 2.45) is 0 Å². The van der Waals surface area contributed by atoms with Crippen LogP contribution in [0, 0.1) is 6.92 Å². The monoisotopic (exact) mass is 266 g/mol. The maximum Gasteiger partial charge on any atom is 0.241 e. The number of nitrogens with two attached hydrogens (primary N) is 1. The minimum Gasteiger partial charge on any atom is -0.398 e. The van der Waals surface area contributed by atoms with E-state index in [4.69, 9.17) is 5.73 Å². The molecule has 0 radical (unpaired) electrons. The number of anilines is 1. The molecule has 2 rings (SSSR count). The molecule has 0 amide bonds. The Morgan fingerprint density at radius 2 is 2.22 bits per heavy atom. The van der Waals surface area contributed by atoms with Gasteiger partial charge in [0.05, 0.1) is 11.4 Å². The van der Waals surface area contributed by atoms with Crippen molar-refractivity contribution in [3.05, 3.63) is 42.0 Å². The van der Waals surface area contributed by atoms with Gasteiger partial charge in [-0.2, -0.15) is 0 Å². The smallest absolute Gasteiger partial charge is 0.241 e. The summed E-state index contributed by atoms with van der Waals surface area (Å²) >= 11 is 0. The Morgan fingerprint density at radius 1 is 1.44 bits per heavy atom. The van der Waals surface area contributed by atoms with Crippen molar-refractivity contribution in [3.8, 4) is 0 Å². The zero-order valence-corrected chi connectivity index (χ0v) is 10.7. The lowest BCUT2D eigenvalue weighted by molar-refractivity contribution is 0.579. The topological polar surface area (TPSA) is 101 Å². The summed E-state index contributed by atoms with van der Waals surface area (Å²) in [5.41, 5.74) is 6.70. The van der Waals surface area contributed by atoms with E-state index >= 15 is 0 Å². The number of nitrogen functional groups attached to an aromatic ring is 1. The van der Waals surface area contributed by atoms with E-state index in [2.05, 4.69) is 14.7 Å². The maximum atomic E-state index is 12.1. The van der Waals surface area contributed by atoms with Crippen molar-refractivity contribution in [2.45, 2.75) is 18.4 Å². The highest BCUT2D eigenvalue weighted by Gasteiger charge is 2.17. The summed E-state index contributed by atoms with van der Waals surface area (Å²) < 4.78 is 26.7. The Morgan fingerprint density at radius 3 is 2.89 bits per heavy atom. The fourth-order valence-corrected chi connectivity index (χ4v) is 2.82. The Bertz CT molecular complexity index is 635. The molecule has 0 bridgehead atoms. The van der Waals surface area contributed by atoms with Crippen molar-refractivity contribution in [3.63, 3.8) is 0 Å². The molecule has 1 heterocycles. The minimum atomic E-state index is -3.58. The van der Waals surface area contributed by atoms with E-state index in [1.165, 1.54) is 6.07 Å². The van der Waals surface area contributed by atoms with E-state index in [0.717, 1.165) is 0 Å². The van der Waals surface area contributed by atoms with Gasteiger partial charge in [0.25, 0.3) is 0 Å². The number of rotatable bonds is 4. The van der Waals surface area contributed by atoms with Crippen molar-refractivity contribution in [2.75, 3.05) is 5.73 Å². The van der Waals surface area contributed by atoms with Crippen LogP contribution in [-0.2, 0) is 16.6 Å². The Kier molecular flexibility index (Phi) is 3.35. The highest BCUT2D eigenvalue weighted by molar-refractivity contribution is 7.89. The Labute approximate surface area is 105 Å². The van der Waals surface area contributed by atoms with Gasteiger partial charge >= 0.3 is 0 Å². The molecule has 2 aromatic rings. The highest BCUT2D eigenvalue weighted by Crippen LogP contribution is 2.20. The summed E-state index contributed by atoms with van der Waals surface area (Å²) in [4.78, 5) is 6.96. The second-order valence-corrected chi connectivity index (χ2v) is 5.57. The SMILES string of the molecule is Cc1c(N)cccc1S(=O)(=O)NCc1ncc[nH]1. The van der Waals surface area contributed by atoms with Crippen molar-refractivity contribution in [1.82, 2.24) is 14.7 Å². The van der Waals surface area contributed by atoms with Gasteiger partial charge in [0, 0.05) is 18.1 Å². The van der Waals surface area contributed by atoms with Gasteiger partial charge in [-0.25, -0.2) is 18.1 Å². The van der Waals surface area contributed by atoms with Crippen LogP contribution in [0.15, 0.2) is 35.5 Å². The van der Waals surface area contributed by atoms with E-state index in [0.29, 0.717) is 17.1 Å². The number of hydrogen-bond acceptors (Lipinski definition) is 4. The number of imidazole rings is 1. The lowest BCUT2D eigenvalue weighted by atomic mass is 10.2. The van der Waals surface area contributed by atoms with Crippen LogP contribution in [0.4, 0.5) is 5.69 Å². The molecule has 0 fully saturated rings. The van der Waals surface area contributed by atoms with Gasteiger partial charge in [0.1, 0.15) is 5.82 Å². The van der Waals surface area contributed by atoms with Gasteiger partial charge in [0.15, 0.2) is 0 Å². The third-order valence-corrected chi connectivity index (χ3v) is 4.15. The van der Waals surface area contributed by atoms with Gasteiger partial charge in [-0.05, 0) is 24.6 Å². The van der Waals surface area contributed by atoms with Crippen LogP contribution in [0.2, 0.25) is 0 Å². The molecule has 0 aliphatic carbocycles. The quantitative estimate of drug-likeness (QED) is 0.712. The number of H-pyrrole nitrogens is 1. The average molecular weight is 266 g/mol. The third kappa shape index (κ3) is 2.52. The molecule has 0 unspecified atom stereocenters. The normalized spacial score (nSPS) is 11.6. The number of aromatic amines is 1. The van der Waals surface area contributed by atoms with Crippen LogP contribution >= 0.6 is 0 Å². The van der Waals surface area contributed by atoms with Gasteiger partial charge in [-0.15, -0.1) is 0 Å². The molecule has 0 aliphatic rings. The van der Waals surface area contributed by atoms with Gasteiger partial charge in [0.2, 0.25) is 10.0 Å². The minimum absolute atomic E-state index is 0.115. The van der Waals surface area contributed by atoms with E-state index in [-0.39, 0.29) is 11.4 Å². The molecule has 4 N–H and O–H groups in total. The van der Waals surface area contributed by atoms with Crippen molar-refractivity contribution < 1.29 is 8.42 Å². The van der Waals surface area contributed by atoms with Crippen LogP contribution in [0.1, 0.15) is 11.4 Å². The molecule has 7 heteroatoms. The van der Waals surface area contributed by atoms with E-state index in [1.807, 2.05) is 0 Å². The Balaban J connectivity index is 2.23. The molecule has 0 aliphatic heterocycles. The Hall–Kier alpha value is -1.86. The molecule has 18 heavy (non-hydrogen) atoms. The predicted molar refractivity (Wildman–Crippen MR) is 68.2 cm³/mol. The molecule has 1 aromatic heterocycles. The van der Waals surface area contributed by atoms with Gasteiger partial charge in [-0.3, -0.25) is 0 Å². The zero-order chi connectivity index (χ0) is 13.2. The number of aromatic nitrogens is 2. The molecule has 0 spiro atoms. The van der Waals surface area contributed by atoms with Crippen LogP contribution in [0.25, 0.3) is 0 Å². The standard InChI is InChI=1S/C11H14N4O2S/c1-8-9(12)3-2-4-10(8)18(16,17)15-7-11-13-5-6-14-11/h2-6,15H,7,12H2,1H3,(H,13,14). The molecule has 1 aromatic carbocycles. The van der Waals surface area contributed by atoms with Crippen molar-refractivity contribution >= 4 is 15.7 Å². The summed E-state index contributed by atoms with van der Waals surface area (Å²) in [6.45, 7) is 1.79. The lowest BCUT2D eigenvalue weighted by Crippen LogP contribution is -2.24. The number of benzene rings is 1. The first-order valence-electron chi connectivity index (χ1n) is 5.34. The predicted octanol–water partition coefficient (Wildman–Crippen LogP) is 0.779. The first kappa shape index (κ1) is 12.6. The first-order valence-corrected chi connectivity index (χ1v) is 6.82. The molecule has 6 nitrogen and oxygen atoms in total. The molecule has 0 saturated heterocycles. The average Bonchev–Trinajstić information content (AvgIpc) is 2.83. The summed E-state index contributed by atoms with van der Waals surface area (Å²) in [6, 6.07) is 4.81. The van der Waals surface area contributed by atoms with Crippen LogP contribution in [-0.4, -0.2) is 18.4 Å². The zero-order valence-electron chi connectivity index (χ0n) is 9.84. The third-order valence-electron chi connectivity index (χ3n) is 2.60. The number of sulfonamides is 1. The molecule has 0 atom stereocenters. The fraction of sp³-hybridized carbons (Fsp3) is 0.182. The number of hydrogen-bond donors (Lipinski definition) is 3. The highest BCUT2D eigenvalue weighted by atomic mass is 32.2. The summed E-state index contributed by atoms with van der Waals surface area (Å²) in [5.74, 6) is 0.556. The molecule has 0 saturated carbocycles. The number of nitrogens with zero attached hydrogens (tertiary/aromatic N) is 1.